The summed E-state index contributed by atoms with van der Waals surface area (Å²) in [6, 6.07) is 15.3. The van der Waals surface area contributed by atoms with Gasteiger partial charge in [0, 0.05) is 6.54 Å². The lowest BCUT2D eigenvalue weighted by molar-refractivity contribution is 0.0834. The van der Waals surface area contributed by atoms with Gasteiger partial charge in [0.15, 0.2) is 11.5 Å². The Morgan fingerprint density at radius 1 is 0.969 bits per heavy atom. The van der Waals surface area contributed by atoms with E-state index < -0.39 is 12.0 Å². The first kappa shape index (κ1) is 23.1. The third-order valence-electron chi connectivity index (χ3n) is 4.47. The summed E-state index contributed by atoms with van der Waals surface area (Å²) in [7, 11) is 3.01. The second-order valence-electron chi connectivity index (χ2n) is 6.64. The first-order valence-electron chi connectivity index (χ1n) is 9.77. The zero-order valence-electron chi connectivity index (χ0n) is 17.7. The van der Waals surface area contributed by atoms with Gasteiger partial charge in [-0.05, 0) is 35.7 Å². The molecule has 1 heterocycles. The van der Waals surface area contributed by atoms with Gasteiger partial charge in [-0.15, -0.1) is 11.3 Å². The van der Waals surface area contributed by atoms with E-state index in [1.54, 1.807) is 60.0 Å². The smallest absolute Gasteiger partial charge is 0.265 e. The highest BCUT2D eigenvalue weighted by atomic mass is 32.1. The van der Waals surface area contributed by atoms with E-state index in [2.05, 4.69) is 10.6 Å². The molecular weight excluding hydrogens is 432 g/mol. The van der Waals surface area contributed by atoms with Crippen LogP contribution in [0.2, 0.25) is 0 Å². The van der Waals surface area contributed by atoms with Crippen LogP contribution in [0.1, 0.15) is 20.0 Å². The largest absolute Gasteiger partial charge is 0.493 e. The molecule has 3 aromatic rings. The van der Waals surface area contributed by atoms with Crippen LogP contribution >= 0.6 is 11.3 Å². The van der Waals surface area contributed by atoms with Gasteiger partial charge in [-0.2, -0.15) is 0 Å². The van der Waals surface area contributed by atoms with Crippen molar-refractivity contribution >= 4 is 28.8 Å². The van der Waals surface area contributed by atoms with Gasteiger partial charge < -0.3 is 30.0 Å². The molecule has 32 heavy (non-hydrogen) atoms. The molecule has 3 rings (SSSR count). The fourth-order valence-electron chi connectivity index (χ4n) is 2.89. The van der Waals surface area contributed by atoms with Gasteiger partial charge >= 0.3 is 0 Å². The van der Waals surface area contributed by atoms with E-state index in [4.69, 9.17) is 14.2 Å². The number of benzene rings is 2. The highest BCUT2D eigenvalue weighted by Crippen LogP contribution is 2.36. The van der Waals surface area contributed by atoms with Crippen molar-refractivity contribution in [2.24, 2.45) is 0 Å². The second-order valence-corrected chi connectivity index (χ2v) is 7.59. The number of para-hydroxylation sites is 2. The summed E-state index contributed by atoms with van der Waals surface area (Å²) in [5, 5.41) is 17.5. The third-order valence-corrected chi connectivity index (χ3v) is 5.33. The Labute approximate surface area is 189 Å². The number of methoxy groups -OCH3 is 2. The monoisotopic (exact) mass is 456 g/mol. The normalized spacial score (nSPS) is 11.3. The molecule has 1 unspecified atom stereocenters. The standard InChI is InChI=1S/C23H24N2O6S/c1-29-18-9-5-10-19(30-2)21(18)31-14-15(26)13-24-22(27)16-7-3-4-8-17(16)25-23(28)20-11-6-12-32-20/h3-12,15,26H,13-14H2,1-2H3,(H,24,27)(H,25,28). The van der Waals surface area contributed by atoms with E-state index in [1.165, 1.54) is 25.6 Å². The van der Waals surface area contributed by atoms with Crippen molar-refractivity contribution in [1.29, 1.82) is 0 Å². The van der Waals surface area contributed by atoms with Gasteiger partial charge in [0.05, 0.1) is 30.3 Å². The van der Waals surface area contributed by atoms with Crippen LogP contribution in [0.5, 0.6) is 17.2 Å². The van der Waals surface area contributed by atoms with Crippen molar-refractivity contribution in [2.45, 2.75) is 6.10 Å². The Bertz CT molecular complexity index is 1030. The summed E-state index contributed by atoms with van der Waals surface area (Å²) in [6.45, 7) is -0.142. The van der Waals surface area contributed by atoms with Gasteiger partial charge in [0.2, 0.25) is 5.75 Å². The average molecular weight is 457 g/mol. The number of hydrogen-bond acceptors (Lipinski definition) is 7. The van der Waals surface area contributed by atoms with Crippen LogP contribution < -0.4 is 24.8 Å². The minimum atomic E-state index is -0.985. The number of anilines is 1. The Kier molecular flexibility index (Phi) is 8.07. The van der Waals surface area contributed by atoms with Crippen molar-refractivity contribution < 1.29 is 28.9 Å². The van der Waals surface area contributed by atoms with Gasteiger partial charge in [-0.1, -0.05) is 24.3 Å². The molecule has 1 atom stereocenters. The fourth-order valence-corrected chi connectivity index (χ4v) is 3.50. The molecule has 2 amide bonds. The predicted octanol–water partition coefficient (Wildman–Crippen LogP) is 3.19. The molecule has 3 N–H and O–H groups in total. The summed E-state index contributed by atoms with van der Waals surface area (Å²) in [4.78, 5) is 25.5. The quantitative estimate of drug-likeness (QED) is 0.433. The lowest BCUT2D eigenvalue weighted by Crippen LogP contribution is -2.35. The first-order chi connectivity index (χ1) is 15.5. The SMILES string of the molecule is COc1cccc(OC)c1OCC(O)CNC(=O)c1ccccc1NC(=O)c1cccs1. The summed E-state index contributed by atoms with van der Waals surface area (Å²) in [6.07, 6.45) is -0.985. The molecule has 1 aromatic heterocycles. The lowest BCUT2D eigenvalue weighted by Gasteiger charge is -2.17. The average Bonchev–Trinajstić information content (AvgIpc) is 3.36. The molecule has 0 spiro atoms. The molecule has 0 aliphatic heterocycles. The van der Waals surface area contributed by atoms with E-state index in [0.717, 1.165) is 0 Å². The van der Waals surface area contributed by atoms with Crippen LogP contribution in [0, 0.1) is 0 Å². The van der Waals surface area contributed by atoms with Crippen molar-refractivity contribution in [1.82, 2.24) is 5.32 Å². The summed E-state index contributed by atoms with van der Waals surface area (Å²) in [5.74, 6) is 0.581. The second kappa shape index (κ2) is 11.2. The molecule has 0 aliphatic rings. The Hall–Kier alpha value is -3.56. The van der Waals surface area contributed by atoms with E-state index in [-0.39, 0.29) is 24.6 Å². The van der Waals surface area contributed by atoms with Gasteiger partial charge in [0.25, 0.3) is 11.8 Å². The zero-order valence-corrected chi connectivity index (χ0v) is 18.5. The maximum absolute atomic E-state index is 12.7. The maximum atomic E-state index is 12.7. The number of aliphatic hydroxyl groups is 1. The third kappa shape index (κ3) is 5.77. The van der Waals surface area contributed by atoms with Crippen LogP contribution in [0.25, 0.3) is 0 Å². The Morgan fingerprint density at radius 2 is 1.69 bits per heavy atom. The zero-order chi connectivity index (χ0) is 22.9. The fraction of sp³-hybridized carbons (Fsp3) is 0.217. The lowest BCUT2D eigenvalue weighted by atomic mass is 10.1. The number of carbonyl (C=O) groups excluding carboxylic acids is 2. The molecular formula is C23H24N2O6S. The molecule has 0 saturated heterocycles. The number of thiophene rings is 1. The molecule has 0 radical (unpaired) electrons. The Morgan fingerprint density at radius 3 is 2.34 bits per heavy atom. The first-order valence-corrected chi connectivity index (χ1v) is 10.7. The van der Waals surface area contributed by atoms with Crippen LogP contribution in [-0.4, -0.2) is 50.4 Å². The molecule has 2 aromatic carbocycles. The summed E-state index contributed by atoms with van der Waals surface area (Å²) < 4.78 is 16.2. The molecule has 0 aliphatic carbocycles. The highest BCUT2D eigenvalue weighted by molar-refractivity contribution is 7.12. The molecule has 9 heteroatoms. The van der Waals surface area contributed by atoms with Crippen LogP contribution in [0.15, 0.2) is 60.0 Å². The van der Waals surface area contributed by atoms with Crippen molar-refractivity contribution in [3.63, 3.8) is 0 Å². The number of nitrogens with one attached hydrogen (secondary N) is 2. The minimum Gasteiger partial charge on any atom is -0.493 e. The number of aliphatic hydroxyl groups excluding tert-OH is 1. The van der Waals surface area contributed by atoms with Crippen LogP contribution in [0.4, 0.5) is 5.69 Å². The van der Waals surface area contributed by atoms with Crippen molar-refractivity contribution in [3.8, 4) is 17.2 Å². The molecule has 0 fully saturated rings. The molecule has 0 bridgehead atoms. The number of rotatable bonds is 10. The minimum absolute atomic E-state index is 0.0521. The van der Waals surface area contributed by atoms with Crippen LogP contribution in [0.3, 0.4) is 0 Å². The summed E-state index contributed by atoms with van der Waals surface area (Å²) in [5.41, 5.74) is 0.671. The van der Waals surface area contributed by atoms with E-state index in [9.17, 15) is 14.7 Å². The summed E-state index contributed by atoms with van der Waals surface area (Å²) >= 11 is 1.31. The molecule has 8 nitrogen and oxygen atoms in total. The Balaban J connectivity index is 1.58. The van der Waals surface area contributed by atoms with Gasteiger partial charge in [0.1, 0.15) is 12.7 Å². The predicted molar refractivity (Wildman–Crippen MR) is 122 cm³/mol. The van der Waals surface area contributed by atoms with E-state index in [1.807, 2.05) is 0 Å². The van der Waals surface area contributed by atoms with Crippen molar-refractivity contribution in [2.75, 3.05) is 32.7 Å². The topological polar surface area (TPSA) is 106 Å². The van der Waals surface area contributed by atoms with E-state index in [0.29, 0.717) is 27.8 Å². The molecule has 168 valence electrons. The number of carbonyl (C=O) groups is 2. The van der Waals surface area contributed by atoms with E-state index >= 15 is 0 Å². The number of amides is 2. The molecule has 0 saturated carbocycles. The van der Waals surface area contributed by atoms with Crippen LogP contribution in [-0.2, 0) is 0 Å². The number of ether oxygens (including phenoxy) is 3. The number of hydrogen-bond donors (Lipinski definition) is 3. The van der Waals surface area contributed by atoms with Gasteiger partial charge in [-0.3, -0.25) is 9.59 Å². The van der Waals surface area contributed by atoms with Crippen molar-refractivity contribution in [3.05, 3.63) is 70.4 Å². The highest BCUT2D eigenvalue weighted by Gasteiger charge is 2.17. The maximum Gasteiger partial charge on any atom is 0.265 e. The van der Waals surface area contributed by atoms with Gasteiger partial charge in [-0.25, -0.2) is 0 Å².